The average Bonchev–Trinajstić information content (AvgIpc) is 2.98. The fourth-order valence-corrected chi connectivity index (χ4v) is 2.31. The van der Waals surface area contributed by atoms with Crippen molar-refractivity contribution in [3.05, 3.63) is 48.5 Å². The first-order valence-corrected chi connectivity index (χ1v) is 7.35. The molecule has 0 saturated carbocycles. The summed E-state index contributed by atoms with van der Waals surface area (Å²) < 4.78 is 31.0. The number of aromatic nitrogens is 3. The van der Waals surface area contributed by atoms with E-state index in [-0.39, 0.29) is 12.4 Å². The number of rotatable bonds is 6. The minimum absolute atomic E-state index is 0.170. The molecule has 0 aliphatic carbocycles. The second kappa shape index (κ2) is 7.22. The zero-order chi connectivity index (χ0) is 17.8. The summed E-state index contributed by atoms with van der Waals surface area (Å²) >= 11 is 0. The van der Waals surface area contributed by atoms with Crippen LogP contribution in [-0.4, -0.2) is 38.7 Å². The van der Waals surface area contributed by atoms with Gasteiger partial charge in [-0.3, -0.25) is 4.57 Å². The van der Waals surface area contributed by atoms with Crippen LogP contribution in [0.15, 0.2) is 42.9 Å². The lowest BCUT2D eigenvalue weighted by Crippen LogP contribution is -2.21. The maximum atomic E-state index is 12.1. The van der Waals surface area contributed by atoms with Gasteiger partial charge >= 0.3 is 6.09 Å². The third kappa shape index (κ3) is 4.07. The first-order chi connectivity index (χ1) is 12.0. The summed E-state index contributed by atoms with van der Waals surface area (Å²) in [6.07, 6.45) is -0.759. The van der Waals surface area contributed by atoms with Crippen molar-refractivity contribution < 1.29 is 23.4 Å². The summed E-state index contributed by atoms with van der Waals surface area (Å²) in [7, 11) is 0. The molecule has 2 heterocycles. The van der Waals surface area contributed by atoms with Crippen LogP contribution in [0, 0.1) is 0 Å². The number of hydrogen-bond acceptors (Lipinski definition) is 5. The van der Waals surface area contributed by atoms with Crippen LogP contribution in [0.25, 0.3) is 10.9 Å². The molecule has 3 rings (SSSR count). The summed E-state index contributed by atoms with van der Waals surface area (Å²) in [5.41, 5.74) is 1.06. The number of carbonyl (C=O) groups is 1. The van der Waals surface area contributed by atoms with E-state index in [1.807, 2.05) is 0 Å². The molecule has 0 atom stereocenters. The first kappa shape index (κ1) is 16.8. The van der Waals surface area contributed by atoms with Gasteiger partial charge in [0.05, 0.1) is 17.8 Å². The minimum atomic E-state index is -2.43. The van der Waals surface area contributed by atoms with Gasteiger partial charge in [0.25, 0.3) is 6.43 Å². The highest BCUT2D eigenvalue weighted by molar-refractivity contribution is 5.89. The Morgan fingerprint density at radius 1 is 1.28 bits per heavy atom. The van der Waals surface area contributed by atoms with Crippen molar-refractivity contribution in [1.82, 2.24) is 19.9 Å². The highest BCUT2D eigenvalue weighted by Gasteiger charge is 2.09. The Morgan fingerprint density at radius 2 is 2.12 bits per heavy atom. The molecular weight excluding hydrogens is 334 g/mol. The van der Waals surface area contributed by atoms with Gasteiger partial charge in [0.15, 0.2) is 0 Å². The number of nitrogens with one attached hydrogen (secondary N) is 1. The van der Waals surface area contributed by atoms with E-state index in [2.05, 4.69) is 15.3 Å². The lowest BCUT2D eigenvalue weighted by Gasteiger charge is -2.07. The second-order valence-corrected chi connectivity index (χ2v) is 5.16. The average molecular weight is 348 g/mol. The monoisotopic (exact) mass is 348 g/mol. The maximum Gasteiger partial charge on any atom is 0.415 e. The minimum Gasteiger partial charge on any atom is -0.464 e. The molecule has 1 aromatic carbocycles. The molecule has 2 N–H and O–H groups in total. The number of halogens is 2. The molecular formula is C16H14F2N4O3. The van der Waals surface area contributed by atoms with E-state index in [9.17, 15) is 13.6 Å². The molecule has 9 heteroatoms. The van der Waals surface area contributed by atoms with Gasteiger partial charge < -0.3 is 15.2 Å². The zero-order valence-electron chi connectivity index (χ0n) is 12.9. The normalized spacial score (nSPS) is 11.2. The molecule has 0 spiro atoms. The van der Waals surface area contributed by atoms with Crippen molar-refractivity contribution in [2.24, 2.45) is 0 Å². The van der Waals surface area contributed by atoms with Crippen LogP contribution in [0.4, 0.5) is 13.6 Å². The van der Waals surface area contributed by atoms with Gasteiger partial charge in [-0.1, -0.05) is 0 Å². The van der Waals surface area contributed by atoms with Crippen molar-refractivity contribution in [2.75, 3.05) is 6.54 Å². The topological polar surface area (TPSA) is 89.3 Å². The lowest BCUT2D eigenvalue weighted by atomic mass is 10.2. The highest BCUT2D eigenvalue weighted by Crippen LogP contribution is 2.25. The summed E-state index contributed by atoms with van der Waals surface area (Å²) in [6, 6.07) is 8.15. The van der Waals surface area contributed by atoms with Crippen molar-refractivity contribution in [3.8, 4) is 11.6 Å². The summed E-state index contributed by atoms with van der Waals surface area (Å²) in [4.78, 5) is 19.0. The zero-order valence-corrected chi connectivity index (χ0v) is 12.9. The number of fused-ring (bicyclic) bond motifs is 1. The molecule has 0 saturated heterocycles. The quantitative estimate of drug-likeness (QED) is 0.711. The van der Waals surface area contributed by atoms with Crippen LogP contribution < -0.4 is 10.1 Å². The lowest BCUT2D eigenvalue weighted by molar-refractivity contribution is 0.145. The Hall–Kier alpha value is -3.07. The van der Waals surface area contributed by atoms with Crippen LogP contribution in [0.2, 0.25) is 0 Å². The SMILES string of the molecule is O=C(O)n1ccc2cc(Oc3cc(CNCC(F)F)ncn3)ccc21. The van der Waals surface area contributed by atoms with Crippen molar-refractivity contribution in [2.45, 2.75) is 13.0 Å². The Kier molecular flexibility index (Phi) is 4.85. The van der Waals surface area contributed by atoms with Gasteiger partial charge in [-0.15, -0.1) is 0 Å². The number of carboxylic acid groups (broad SMARTS) is 1. The smallest absolute Gasteiger partial charge is 0.415 e. The third-order valence-corrected chi connectivity index (χ3v) is 3.39. The van der Waals surface area contributed by atoms with E-state index in [1.54, 1.807) is 30.3 Å². The van der Waals surface area contributed by atoms with Gasteiger partial charge in [0, 0.05) is 24.2 Å². The van der Waals surface area contributed by atoms with Crippen LogP contribution in [0.1, 0.15) is 5.69 Å². The summed E-state index contributed by atoms with van der Waals surface area (Å²) in [5.74, 6) is 0.738. The highest BCUT2D eigenvalue weighted by atomic mass is 19.3. The Bertz CT molecular complexity index is 898. The molecule has 0 amide bonds. The fourth-order valence-electron chi connectivity index (χ4n) is 2.31. The van der Waals surface area contributed by atoms with Crippen LogP contribution >= 0.6 is 0 Å². The predicted octanol–water partition coefficient (Wildman–Crippen LogP) is 3.10. The number of ether oxygens (including phenoxy) is 1. The molecule has 0 aliphatic heterocycles. The molecule has 0 fully saturated rings. The van der Waals surface area contributed by atoms with Crippen LogP contribution in [0.5, 0.6) is 11.6 Å². The fraction of sp³-hybridized carbons (Fsp3) is 0.188. The molecule has 0 aliphatic rings. The number of benzene rings is 1. The molecule has 0 unspecified atom stereocenters. The molecule has 7 nitrogen and oxygen atoms in total. The van der Waals surface area contributed by atoms with E-state index in [0.29, 0.717) is 22.3 Å². The van der Waals surface area contributed by atoms with Gasteiger partial charge in [0.2, 0.25) is 5.88 Å². The van der Waals surface area contributed by atoms with Crippen molar-refractivity contribution >= 4 is 17.0 Å². The van der Waals surface area contributed by atoms with Gasteiger partial charge in [0.1, 0.15) is 12.1 Å². The number of nitrogens with zero attached hydrogens (tertiary/aromatic N) is 3. The summed E-state index contributed by atoms with van der Waals surface area (Å²) in [6.45, 7) is -0.249. The Morgan fingerprint density at radius 3 is 2.88 bits per heavy atom. The molecule has 3 aromatic rings. The van der Waals surface area contributed by atoms with Gasteiger partial charge in [-0.25, -0.2) is 23.5 Å². The van der Waals surface area contributed by atoms with E-state index < -0.39 is 19.1 Å². The Labute approximate surface area is 140 Å². The largest absolute Gasteiger partial charge is 0.464 e. The second-order valence-electron chi connectivity index (χ2n) is 5.16. The molecule has 130 valence electrons. The molecule has 0 bridgehead atoms. The van der Waals surface area contributed by atoms with E-state index in [1.165, 1.54) is 12.5 Å². The van der Waals surface area contributed by atoms with Gasteiger partial charge in [-0.05, 0) is 24.3 Å². The third-order valence-electron chi connectivity index (χ3n) is 3.39. The molecule has 25 heavy (non-hydrogen) atoms. The summed E-state index contributed by atoms with van der Waals surface area (Å²) in [5, 5.41) is 12.4. The number of alkyl halides is 2. The van der Waals surface area contributed by atoms with Crippen LogP contribution in [-0.2, 0) is 6.54 Å². The van der Waals surface area contributed by atoms with E-state index in [4.69, 9.17) is 9.84 Å². The van der Waals surface area contributed by atoms with Gasteiger partial charge in [-0.2, -0.15) is 0 Å². The molecule has 0 radical (unpaired) electrons. The van der Waals surface area contributed by atoms with Crippen molar-refractivity contribution in [1.29, 1.82) is 0 Å². The standard InChI is InChI=1S/C16H14F2N4O3/c17-14(18)8-19-7-11-6-15(21-9-20-11)25-12-1-2-13-10(5-12)3-4-22(13)16(23)24/h1-6,9,14,19H,7-8H2,(H,23,24). The van der Waals surface area contributed by atoms with Crippen molar-refractivity contribution in [3.63, 3.8) is 0 Å². The number of hydrogen-bond donors (Lipinski definition) is 2. The van der Waals surface area contributed by atoms with Crippen LogP contribution in [0.3, 0.4) is 0 Å². The maximum absolute atomic E-state index is 12.1. The van der Waals surface area contributed by atoms with E-state index >= 15 is 0 Å². The molecule has 2 aromatic heterocycles. The Balaban J connectivity index is 1.73. The first-order valence-electron chi connectivity index (χ1n) is 7.35. The van der Waals surface area contributed by atoms with E-state index in [0.717, 1.165) is 4.57 Å². The predicted molar refractivity (Wildman–Crippen MR) is 85.2 cm³/mol.